The summed E-state index contributed by atoms with van der Waals surface area (Å²) in [6.07, 6.45) is 7.66. The van der Waals surface area contributed by atoms with Crippen molar-refractivity contribution < 1.29 is 9.47 Å². The van der Waals surface area contributed by atoms with Crippen LogP contribution in [0.1, 0.15) is 53.1 Å². The molecule has 3 atom stereocenters. The second kappa shape index (κ2) is 12.0. The van der Waals surface area contributed by atoms with Gasteiger partial charge in [0.15, 0.2) is 11.5 Å². The summed E-state index contributed by atoms with van der Waals surface area (Å²) < 4.78 is 11.9. The fourth-order valence-electron chi connectivity index (χ4n) is 5.75. The zero-order valence-electron chi connectivity index (χ0n) is 23.1. The molecule has 0 fully saturated rings. The van der Waals surface area contributed by atoms with Gasteiger partial charge in [-0.15, -0.1) is 0 Å². The first-order valence-corrected chi connectivity index (χ1v) is 14.8. The van der Waals surface area contributed by atoms with E-state index in [0.717, 1.165) is 23.2 Å². The van der Waals surface area contributed by atoms with E-state index in [1.807, 2.05) is 37.4 Å². The van der Waals surface area contributed by atoms with E-state index in [0.29, 0.717) is 46.6 Å². The molecule has 1 N–H and O–H groups in total. The van der Waals surface area contributed by atoms with Gasteiger partial charge in [-0.05, 0) is 91.4 Å². The van der Waals surface area contributed by atoms with Crippen molar-refractivity contribution in [3.8, 4) is 11.5 Å². The molecule has 1 heterocycles. The lowest BCUT2D eigenvalue weighted by Crippen LogP contribution is -2.29. The van der Waals surface area contributed by atoms with Crippen molar-refractivity contribution in [2.45, 2.75) is 38.8 Å². The number of anilines is 1. The number of nitrogens with zero attached hydrogens (tertiary/aromatic N) is 1. The van der Waals surface area contributed by atoms with Gasteiger partial charge in [0.25, 0.3) is 0 Å². The van der Waals surface area contributed by atoms with E-state index in [4.69, 9.17) is 37.7 Å². The molecule has 2 aliphatic rings. The van der Waals surface area contributed by atoms with Gasteiger partial charge < -0.3 is 14.8 Å². The van der Waals surface area contributed by atoms with E-state index < -0.39 is 0 Å². The SMILES string of the molecule is CCOc1cc(C=Nc2ccc([C@@H]3Nc4ccc(C)cc4[C@H]4C=CC[C@@H]43)cc2)ccc1OCc1ccc(Cl)cc1Cl. The van der Waals surface area contributed by atoms with Gasteiger partial charge in [0.05, 0.1) is 18.3 Å². The minimum absolute atomic E-state index is 0.271. The molecule has 0 saturated carbocycles. The molecular formula is C35H32Cl2N2O2. The van der Waals surface area contributed by atoms with Gasteiger partial charge in [-0.3, -0.25) is 4.99 Å². The minimum atomic E-state index is 0.271. The van der Waals surface area contributed by atoms with Crippen LogP contribution in [0.25, 0.3) is 0 Å². The number of ether oxygens (including phenoxy) is 2. The van der Waals surface area contributed by atoms with Crippen molar-refractivity contribution in [3.63, 3.8) is 0 Å². The molecule has 1 aliphatic heterocycles. The lowest BCUT2D eigenvalue weighted by Gasteiger charge is -2.37. The van der Waals surface area contributed by atoms with Crippen LogP contribution < -0.4 is 14.8 Å². The molecule has 0 bridgehead atoms. The number of halogens is 2. The summed E-state index contributed by atoms with van der Waals surface area (Å²) in [6, 6.07) is 26.8. The summed E-state index contributed by atoms with van der Waals surface area (Å²) >= 11 is 12.3. The Morgan fingerprint density at radius 3 is 2.59 bits per heavy atom. The predicted octanol–water partition coefficient (Wildman–Crippen LogP) is 9.86. The number of allylic oxidation sites excluding steroid dienone is 2. The maximum atomic E-state index is 6.30. The van der Waals surface area contributed by atoms with Gasteiger partial charge in [-0.1, -0.05) is 71.2 Å². The molecule has 0 saturated heterocycles. The average Bonchev–Trinajstić information content (AvgIpc) is 3.47. The topological polar surface area (TPSA) is 42.8 Å². The number of hydrogen-bond donors (Lipinski definition) is 1. The molecule has 6 rings (SSSR count). The van der Waals surface area contributed by atoms with Crippen LogP contribution in [0, 0.1) is 12.8 Å². The summed E-state index contributed by atoms with van der Waals surface area (Å²) in [6.45, 7) is 4.95. The third-order valence-electron chi connectivity index (χ3n) is 7.80. The predicted molar refractivity (Wildman–Crippen MR) is 170 cm³/mol. The van der Waals surface area contributed by atoms with E-state index in [2.05, 4.69) is 66.9 Å². The number of rotatable bonds is 8. The summed E-state index contributed by atoms with van der Waals surface area (Å²) in [7, 11) is 0. The fourth-order valence-corrected chi connectivity index (χ4v) is 6.21. The molecule has 4 nitrogen and oxygen atoms in total. The van der Waals surface area contributed by atoms with Crippen LogP contribution in [0.4, 0.5) is 11.4 Å². The minimum Gasteiger partial charge on any atom is -0.490 e. The summed E-state index contributed by atoms with van der Waals surface area (Å²) in [4.78, 5) is 4.74. The van der Waals surface area contributed by atoms with Crippen LogP contribution in [0.5, 0.6) is 11.5 Å². The van der Waals surface area contributed by atoms with Crippen LogP contribution in [0.2, 0.25) is 10.0 Å². The highest BCUT2D eigenvalue weighted by atomic mass is 35.5. The lowest BCUT2D eigenvalue weighted by molar-refractivity contribution is 0.269. The second-order valence-electron chi connectivity index (χ2n) is 10.6. The van der Waals surface area contributed by atoms with Crippen LogP contribution in [-0.4, -0.2) is 12.8 Å². The molecule has 208 valence electrons. The first kappa shape index (κ1) is 27.4. The van der Waals surface area contributed by atoms with E-state index in [1.54, 1.807) is 12.1 Å². The van der Waals surface area contributed by atoms with Gasteiger partial charge in [0.2, 0.25) is 0 Å². The normalized spacial score (nSPS) is 19.1. The van der Waals surface area contributed by atoms with Gasteiger partial charge in [-0.25, -0.2) is 0 Å². The first-order chi connectivity index (χ1) is 20.0. The summed E-state index contributed by atoms with van der Waals surface area (Å²) in [5.41, 5.74) is 7.93. The Balaban J connectivity index is 1.15. The lowest BCUT2D eigenvalue weighted by atomic mass is 9.76. The zero-order chi connectivity index (χ0) is 28.3. The molecule has 0 spiro atoms. The Morgan fingerprint density at radius 1 is 0.927 bits per heavy atom. The standard InChI is InChI=1S/C35H32Cl2N2O2/c1-3-40-34-18-23(8-16-33(34)41-21-25-9-12-26(36)19-31(25)37)20-38-27-13-10-24(11-14-27)35-29-6-4-5-28(29)30-17-22(2)7-15-32(30)39-35/h4-5,7-20,28-29,35,39H,3,6,21H2,1-2H3/t28-,29-,35-/m0/s1. The average molecular weight is 584 g/mol. The first-order valence-electron chi connectivity index (χ1n) is 14.0. The fraction of sp³-hybridized carbons (Fsp3) is 0.229. The molecule has 6 heteroatoms. The molecule has 4 aromatic rings. The van der Waals surface area contributed by atoms with Crippen molar-refractivity contribution in [2.24, 2.45) is 10.9 Å². The zero-order valence-corrected chi connectivity index (χ0v) is 24.6. The van der Waals surface area contributed by atoms with Crippen molar-refractivity contribution in [1.82, 2.24) is 0 Å². The van der Waals surface area contributed by atoms with Crippen molar-refractivity contribution >= 4 is 40.8 Å². The number of benzene rings is 4. The van der Waals surface area contributed by atoms with Crippen LogP contribution in [-0.2, 0) is 6.61 Å². The Bertz CT molecular complexity index is 1610. The van der Waals surface area contributed by atoms with Crippen molar-refractivity contribution in [3.05, 3.63) is 129 Å². The Morgan fingerprint density at radius 2 is 1.78 bits per heavy atom. The van der Waals surface area contributed by atoms with Gasteiger partial charge in [0.1, 0.15) is 6.61 Å². The maximum absolute atomic E-state index is 6.30. The molecule has 1 aliphatic carbocycles. The molecule has 0 radical (unpaired) electrons. The maximum Gasteiger partial charge on any atom is 0.161 e. The van der Waals surface area contributed by atoms with Gasteiger partial charge >= 0.3 is 0 Å². The highest BCUT2D eigenvalue weighted by Crippen LogP contribution is 2.50. The van der Waals surface area contributed by atoms with Crippen LogP contribution >= 0.6 is 23.2 Å². The largest absolute Gasteiger partial charge is 0.490 e. The summed E-state index contributed by atoms with van der Waals surface area (Å²) in [5.74, 6) is 2.29. The Labute approximate surface area is 251 Å². The number of fused-ring (bicyclic) bond motifs is 3. The Kier molecular flexibility index (Phi) is 8.04. The number of hydrogen-bond acceptors (Lipinski definition) is 4. The van der Waals surface area contributed by atoms with E-state index in [-0.39, 0.29) is 6.04 Å². The third kappa shape index (κ3) is 6.00. The highest BCUT2D eigenvalue weighted by Gasteiger charge is 2.37. The highest BCUT2D eigenvalue weighted by molar-refractivity contribution is 6.35. The molecule has 0 amide bonds. The third-order valence-corrected chi connectivity index (χ3v) is 8.39. The summed E-state index contributed by atoms with van der Waals surface area (Å²) in [5, 5.41) is 4.99. The smallest absolute Gasteiger partial charge is 0.161 e. The molecular weight excluding hydrogens is 551 g/mol. The second-order valence-corrected chi connectivity index (χ2v) is 11.4. The quantitative estimate of drug-likeness (QED) is 0.166. The molecule has 41 heavy (non-hydrogen) atoms. The van der Waals surface area contributed by atoms with Crippen LogP contribution in [0.3, 0.4) is 0 Å². The van der Waals surface area contributed by atoms with Crippen molar-refractivity contribution in [1.29, 1.82) is 0 Å². The number of aliphatic imine (C=N–C) groups is 1. The number of nitrogens with one attached hydrogen (secondary N) is 1. The van der Waals surface area contributed by atoms with Crippen molar-refractivity contribution in [2.75, 3.05) is 11.9 Å². The monoisotopic (exact) mass is 582 g/mol. The molecule has 4 aromatic carbocycles. The molecule has 0 aromatic heterocycles. The van der Waals surface area contributed by atoms with E-state index >= 15 is 0 Å². The van der Waals surface area contributed by atoms with E-state index in [1.165, 1.54) is 22.4 Å². The Hall–Kier alpha value is -3.73. The van der Waals surface area contributed by atoms with Gasteiger partial charge in [0, 0.05) is 33.4 Å². The van der Waals surface area contributed by atoms with E-state index in [9.17, 15) is 0 Å². The van der Waals surface area contributed by atoms with Crippen LogP contribution in [0.15, 0.2) is 96.0 Å². The van der Waals surface area contributed by atoms with Gasteiger partial charge in [-0.2, -0.15) is 0 Å². The number of aryl methyl sites for hydroxylation is 1. The molecule has 0 unspecified atom stereocenters.